The minimum Gasteiger partial charge on any atom is -0.0622 e. The van der Waals surface area contributed by atoms with Crippen LogP contribution in [0.4, 0.5) is 0 Å². The van der Waals surface area contributed by atoms with Crippen molar-refractivity contribution in [3.05, 3.63) is 144 Å². The molecule has 0 amide bonds. The standard InChI is InChI=1S/C36H23Br/c37-36-23-33(24-11-3-1-4-12-24)32(22-34(36)25-13-5-2-6-14-25)26-19-20-31-29-17-8-7-15-27(29)28-16-9-10-18-30(28)35(31)21-26/h1-23H. The van der Waals surface area contributed by atoms with Gasteiger partial charge in [0, 0.05) is 4.47 Å². The fourth-order valence-electron chi connectivity index (χ4n) is 5.58. The summed E-state index contributed by atoms with van der Waals surface area (Å²) in [6.07, 6.45) is 0. The van der Waals surface area contributed by atoms with Crippen molar-refractivity contribution in [3.8, 4) is 33.4 Å². The highest BCUT2D eigenvalue weighted by atomic mass is 79.9. The molecule has 37 heavy (non-hydrogen) atoms. The largest absolute Gasteiger partial charge is 0.0622 e. The third kappa shape index (κ3) is 3.75. The number of benzene rings is 7. The normalized spacial score (nSPS) is 11.4. The lowest BCUT2D eigenvalue weighted by molar-refractivity contribution is 1.55. The van der Waals surface area contributed by atoms with Crippen LogP contribution in [0.3, 0.4) is 0 Å². The molecular formula is C36H23Br. The molecule has 1 heteroatoms. The minimum absolute atomic E-state index is 1.10. The number of hydrogen-bond donors (Lipinski definition) is 0. The summed E-state index contributed by atoms with van der Waals surface area (Å²) < 4.78 is 1.10. The average molecular weight is 535 g/mol. The summed E-state index contributed by atoms with van der Waals surface area (Å²) in [6.45, 7) is 0. The Balaban J connectivity index is 1.56. The maximum atomic E-state index is 3.89. The first-order chi connectivity index (χ1) is 18.3. The van der Waals surface area contributed by atoms with Crippen molar-refractivity contribution >= 4 is 48.2 Å². The van der Waals surface area contributed by atoms with Crippen LogP contribution in [-0.2, 0) is 0 Å². The van der Waals surface area contributed by atoms with E-state index in [0.29, 0.717) is 0 Å². The van der Waals surface area contributed by atoms with Gasteiger partial charge in [0.05, 0.1) is 0 Å². The molecule has 0 unspecified atom stereocenters. The molecule has 7 aromatic carbocycles. The van der Waals surface area contributed by atoms with Crippen LogP contribution in [0.1, 0.15) is 0 Å². The Morgan fingerprint density at radius 2 is 0.730 bits per heavy atom. The first-order valence-electron chi connectivity index (χ1n) is 12.6. The summed E-state index contributed by atoms with van der Waals surface area (Å²) in [5, 5.41) is 7.77. The van der Waals surface area contributed by atoms with E-state index in [1.165, 1.54) is 65.7 Å². The molecule has 0 fully saturated rings. The van der Waals surface area contributed by atoms with Crippen LogP contribution in [0, 0.1) is 0 Å². The fourth-order valence-corrected chi connectivity index (χ4v) is 6.16. The molecule has 0 aliphatic carbocycles. The van der Waals surface area contributed by atoms with E-state index in [2.05, 4.69) is 155 Å². The predicted molar refractivity (Wildman–Crippen MR) is 163 cm³/mol. The molecule has 0 radical (unpaired) electrons. The highest BCUT2D eigenvalue weighted by Gasteiger charge is 2.15. The summed E-state index contributed by atoms with van der Waals surface area (Å²) in [5.74, 6) is 0. The molecule has 174 valence electrons. The third-order valence-corrected chi connectivity index (χ3v) is 7.99. The van der Waals surface area contributed by atoms with Crippen LogP contribution >= 0.6 is 15.9 Å². The monoisotopic (exact) mass is 534 g/mol. The van der Waals surface area contributed by atoms with Crippen molar-refractivity contribution < 1.29 is 0 Å². The van der Waals surface area contributed by atoms with Gasteiger partial charge in [0.25, 0.3) is 0 Å². The van der Waals surface area contributed by atoms with Crippen molar-refractivity contribution in [2.75, 3.05) is 0 Å². The quantitative estimate of drug-likeness (QED) is 0.198. The zero-order chi connectivity index (χ0) is 24.8. The molecule has 0 bridgehead atoms. The Morgan fingerprint density at radius 3 is 1.30 bits per heavy atom. The van der Waals surface area contributed by atoms with E-state index in [-0.39, 0.29) is 0 Å². The Bertz CT molecular complexity index is 1880. The van der Waals surface area contributed by atoms with Crippen molar-refractivity contribution in [2.45, 2.75) is 0 Å². The highest BCUT2D eigenvalue weighted by Crippen LogP contribution is 2.42. The van der Waals surface area contributed by atoms with Crippen molar-refractivity contribution in [1.82, 2.24) is 0 Å². The van der Waals surface area contributed by atoms with Gasteiger partial charge in [-0.05, 0) is 83.9 Å². The van der Waals surface area contributed by atoms with Crippen LogP contribution in [0.5, 0.6) is 0 Å². The lowest BCUT2D eigenvalue weighted by atomic mass is 9.88. The van der Waals surface area contributed by atoms with Gasteiger partial charge in [-0.2, -0.15) is 0 Å². The maximum absolute atomic E-state index is 3.89. The van der Waals surface area contributed by atoms with Gasteiger partial charge in [0.15, 0.2) is 0 Å². The summed E-state index contributed by atoms with van der Waals surface area (Å²) in [4.78, 5) is 0. The zero-order valence-corrected chi connectivity index (χ0v) is 21.7. The molecule has 0 aliphatic rings. The van der Waals surface area contributed by atoms with Gasteiger partial charge in [-0.15, -0.1) is 0 Å². The molecule has 0 N–H and O–H groups in total. The summed E-state index contributed by atoms with van der Waals surface area (Å²) in [5.41, 5.74) is 7.27. The Hall–Kier alpha value is -4.20. The van der Waals surface area contributed by atoms with E-state index >= 15 is 0 Å². The van der Waals surface area contributed by atoms with Gasteiger partial charge in [-0.1, -0.05) is 137 Å². The van der Waals surface area contributed by atoms with Crippen LogP contribution in [0.15, 0.2) is 144 Å². The molecule has 0 spiro atoms. The molecule has 0 aromatic heterocycles. The molecule has 0 aliphatic heterocycles. The van der Waals surface area contributed by atoms with E-state index < -0.39 is 0 Å². The Labute approximate surface area is 225 Å². The van der Waals surface area contributed by atoms with Gasteiger partial charge in [-0.3, -0.25) is 0 Å². The molecular weight excluding hydrogens is 512 g/mol. The third-order valence-electron chi connectivity index (χ3n) is 7.33. The molecule has 0 nitrogen and oxygen atoms in total. The maximum Gasteiger partial charge on any atom is 0.0260 e. The first kappa shape index (κ1) is 22.0. The molecule has 0 saturated carbocycles. The summed E-state index contributed by atoms with van der Waals surface area (Å²) >= 11 is 3.89. The SMILES string of the molecule is Brc1cc(-c2ccccc2)c(-c2ccc3c4ccccc4c4ccccc4c3c2)cc1-c1ccccc1. The summed E-state index contributed by atoms with van der Waals surface area (Å²) in [7, 11) is 0. The average Bonchev–Trinajstić information content (AvgIpc) is 2.98. The number of fused-ring (bicyclic) bond motifs is 6. The highest BCUT2D eigenvalue weighted by molar-refractivity contribution is 9.10. The second kappa shape index (κ2) is 9.03. The molecule has 7 aromatic rings. The van der Waals surface area contributed by atoms with E-state index in [0.717, 1.165) is 4.47 Å². The molecule has 7 rings (SSSR count). The zero-order valence-electron chi connectivity index (χ0n) is 20.2. The van der Waals surface area contributed by atoms with Crippen LogP contribution < -0.4 is 0 Å². The van der Waals surface area contributed by atoms with Gasteiger partial charge in [0.2, 0.25) is 0 Å². The molecule has 0 heterocycles. The minimum atomic E-state index is 1.10. The predicted octanol–water partition coefficient (Wildman–Crippen LogP) is 10.9. The Morgan fingerprint density at radius 1 is 0.297 bits per heavy atom. The van der Waals surface area contributed by atoms with Gasteiger partial charge in [0.1, 0.15) is 0 Å². The van der Waals surface area contributed by atoms with E-state index in [4.69, 9.17) is 0 Å². The van der Waals surface area contributed by atoms with E-state index in [9.17, 15) is 0 Å². The van der Waals surface area contributed by atoms with E-state index in [1.807, 2.05) is 0 Å². The lowest BCUT2D eigenvalue weighted by Crippen LogP contribution is -1.90. The number of halogens is 1. The van der Waals surface area contributed by atoms with Gasteiger partial charge < -0.3 is 0 Å². The van der Waals surface area contributed by atoms with Crippen molar-refractivity contribution in [1.29, 1.82) is 0 Å². The molecule has 0 saturated heterocycles. The summed E-state index contributed by atoms with van der Waals surface area (Å²) in [6, 6.07) is 50.4. The smallest absolute Gasteiger partial charge is 0.0260 e. The number of rotatable bonds is 3. The fraction of sp³-hybridized carbons (Fsp3) is 0. The van der Waals surface area contributed by atoms with Gasteiger partial charge >= 0.3 is 0 Å². The van der Waals surface area contributed by atoms with Crippen LogP contribution in [0.2, 0.25) is 0 Å². The van der Waals surface area contributed by atoms with Crippen molar-refractivity contribution in [2.24, 2.45) is 0 Å². The van der Waals surface area contributed by atoms with Crippen LogP contribution in [0.25, 0.3) is 65.7 Å². The lowest BCUT2D eigenvalue weighted by Gasteiger charge is -2.17. The van der Waals surface area contributed by atoms with Crippen LogP contribution in [-0.4, -0.2) is 0 Å². The first-order valence-corrected chi connectivity index (χ1v) is 13.4. The topological polar surface area (TPSA) is 0 Å². The second-order valence-electron chi connectivity index (χ2n) is 9.46. The molecule has 0 atom stereocenters. The number of hydrogen-bond acceptors (Lipinski definition) is 0. The Kier molecular flexibility index (Phi) is 5.38. The van der Waals surface area contributed by atoms with Crippen molar-refractivity contribution in [3.63, 3.8) is 0 Å². The van der Waals surface area contributed by atoms with Gasteiger partial charge in [-0.25, -0.2) is 0 Å². The van der Waals surface area contributed by atoms with E-state index in [1.54, 1.807) is 0 Å². The second-order valence-corrected chi connectivity index (χ2v) is 10.3.